The molecule has 0 atom stereocenters. The summed E-state index contributed by atoms with van der Waals surface area (Å²) < 4.78 is 0. The number of carbonyl (C=O) groups excluding carboxylic acids is 1. The summed E-state index contributed by atoms with van der Waals surface area (Å²) in [6, 6.07) is 9.90. The first kappa shape index (κ1) is 12.8. The van der Waals surface area contributed by atoms with Crippen LogP contribution in [0.4, 0.5) is 0 Å². The average molecular weight is 219 g/mol. The van der Waals surface area contributed by atoms with Crippen molar-refractivity contribution in [2.24, 2.45) is 5.92 Å². The summed E-state index contributed by atoms with van der Waals surface area (Å²) in [5.41, 5.74) is 1.09. The lowest BCUT2D eigenvalue weighted by atomic mass is 10.1. The van der Waals surface area contributed by atoms with Crippen LogP contribution in [0.5, 0.6) is 0 Å². The molecule has 88 valence electrons. The van der Waals surface area contributed by atoms with E-state index in [1.165, 1.54) is 0 Å². The molecule has 0 aliphatic rings. The number of benzene rings is 1. The van der Waals surface area contributed by atoms with E-state index >= 15 is 0 Å². The number of likely N-dealkylation sites (N-methyl/N-ethyl adjacent to an activating group) is 1. The van der Waals surface area contributed by atoms with Gasteiger partial charge in [0.05, 0.1) is 6.42 Å². The Morgan fingerprint density at radius 1 is 1.25 bits per heavy atom. The summed E-state index contributed by atoms with van der Waals surface area (Å²) in [5, 5.41) is 0. The van der Waals surface area contributed by atoms with Crippen molar-refractivity contribution in [2.45, 2.75) is 26.7 Å². The molecule has 2 heteroatoms. The van der Waals surface area contributed by atoms with E-state index in [1.807, 2.05) is 42.3 Å². The zero-order valence-corrected chi connectivity index (χ0v) is 10.4. The Morgan fingerprint density at radius 3 is 2.44 bits per heavy atom. The topological polar surface area (TPSA) is 20.3 Å². The van der Waals surface area contributed by atoms with Crippen LogP contribution < -0.4 is 0 Å². The fraction of sp³-hybridized carbons (Fsp3) is 0.500. The lowest BCUT2D eigenvalue weighted by molar-refractivity contribution is -0.129. The number of hydrogen-bond donors (Lipinski definition) is 0. The van der Waals surface area contributed by atoms with Crippen LogP contribution in [0.1, 0.15) is 25.8 Å². The van der Waals surface area contributed by atoms with Gasteiger partial charge in [-0.25, -0.2) is 0 Å². The molecule has 16 heavy (non-hydrogen) atoms. The summed E-state index contributed by atoms with van der Waals surface area (Å²) in [4.78, 5) is 13.7. The summed E-state index contributed by atoms with van der Waals surface area (Å²) in [5.74, 6) is 0.846. The summed E-state index contributed by atoms with van der Waals surface area (Å²) >= 11 is 0. The highest BCUT2D eigenvalue weighted by molar-refractivity contribution is 5.78. The van der Waals surface area contributed by atoms with Crippen LogP contribution in [-0.4, -0.2) is 24.4 Å². The minimum Gasteiger partial charge on any atom is -0.345 e. The quantitative estimate of drug-likeness (QED) is 0.745. The Bertz CT molecular complexity index is 319. The molecule has 0 unspecified atom stereocenters. The fourth-order valence-electron chi connectivity index (χ4n) is 1.48. The fourth-order valence-corrected chi connectivity index (χ4v) is 1.48. The lowest BCUT2D eigenvalue weighted by Crippen LogP contribution is -2.29. The molecule has 1 amide bonds. The zero-order chi connectivity index (χ0) is 12.0. The third-order valence-corrected chi connectivity index (χ3v) is 2.67. The van der Waals surface area contributed by atoms with Gasteiger partial charge in [0.15, 0.2) is 0 Å². The Labute approximate surface area is 98.3 Å². The van der Waals surface area contributed by atoms with Crippen molar-refractivity contribution in [1.29, 1.82) is 0 Å². The van der Waals surface area contributed by atoms with Gasteiger partial charge in [0.2, 0.25) is 5.91 Å². The highest BCUT2D eigenvalue weighted by atomic mass is 16.2. The molecule has 0 heterocycles. The first-order chi connectivity index (χ1) is 7.59. The van der Waals surface area contributed by atoms with Crippen molar-refractivity contribution < 1.29 is 4.79 Å². The van der Waals surface area contributed by atoms with Gasteiger partial charge in [-0.3, -0.25) is 4.79 Å². The molecule has 0 saturated carbocycles. The van der Waals surface area contributed by atoms with Gasteiger partial charge in [-0.05, 0) is 17.9 Å². The van der Waals surface area contributed by atoms with Crippen LogP contribution in [0.2, 0.25) is 0 Å². The largest absolute Gasteiger partial charge is 0.345 e. The van der Waals surface area contributed by atoms with Gasteiger partial charge in [-0.2, -0.15) is 0 Å². The maximum atomic E-state index is 11.9. The monoisotopic (exact) mass is 219 g/mol. The normalized spacial score (nSPS) is 10.5. The second-order valence-corrected chi connectivity index (χ2v) is 4.66. The van der Waals surface area contributed by atoms with Crippen molar-refractivity contribution in [1.82, 2.24) is 4.90 Å². The van der Waals surface area contributed by atoms with Crippen molar-refractivity contribution >= 4 is 5.91 Å². The second kappa shape index (κ2) is 6.31. The molecule has 0 aliphatic heterocycles. The van der Waals surface area contributed by atoms with E-state index in [0.29, 0.717) is 12.3 Å². The molecule has 0 N–H and O–H groups in total. The Hall–Kier alpha value is -1.31. The molecule has 0 aromatic heterocycles. The highest BCUT2D eigenvalue weighted by Crippen LogP contribution is 2.04. The molecular formula is C14H21NO. The predicted molar refractivity (Wildman–Crippen MR) is 67.2 cm³/mol. The molecule has 0 fully saturated rings. The van der Waals surface area contributed by atoms with E-state index in [2.05, 4.69) is 13.8 Å². The standard InChI is InChI=1S/C14H21NO/c1-12(2)9-10-15(3)14(16)11-13-7-5-4-6-8-13/h4-8,12H,9-11H2,1-3H3. The summed E-state index contributed by atoms with van der Waals surface area (Å²) in [6.07, 6.45) is 1.58. The lowest BCUT2D eigenvalue weighted by Gasteiger charge is -2.18. The molecular weight excluding hydrogens is 198 g/mol. The SMILES string of the molecule is CC(C)CCN(C)C(=O)Cc1ccccc1. The number of amides is 1. The van der Waals surface area contributed by atoms with Crippen LogP contribution in [-0.2, 0) is 11.2 Å². The smallest absolute Gasteiger partial charge is 0.226 e. The molecule has 0 aliphatic carbocycles. The first-order valence-corrected chi connectivity index (χ1v) is 5.87. The molecule has 1 rings (SSSR count). The second-order valence-electron chi connectivity index (χ2n) is 4.66. The molecule has 0 spiro atoms. The third-order valence-electron chi connectivity index (χ3n) is 2.67. The van der Waals surface area contributed by atoms with Crippen LogP contribution in [0.25, 0.3) is 0 Å². The molecule has 0 radical (unpaired) electrons. The van der Waals surface area contributed by atoms with Gasteiger partial charge in [0, 0.05) is 13.6 Å². The van der Waals surface area contributed by atoms with Gasteiger partial charge in [-0.15, -0.1) is 0 Å². The van der Waals surface area contributed by atoms with Gasteiger partial charge in [-0.1, -0.05) is 44.2 Å². The van der Waals surface area contributed by atoms with Crippen LogP contribution in [0.3, 0.4) is 0 Å². The Kier molecular flexibility index (Phi) is 5.03. The molecule has 0 bridgehead atoms. The van der Waals surface area contributed by atoms with Gasteiger partial charge in [0.25, 0.3) is 0 Å². The highest BCUT2D eigenvalue weighted by Gasteiger charge is 2.09. The van der Waals surface area contributed by atoms with E-state index in [0.717, 1.165) is 18.5 Å². The van der Waals surface area contributed by atoms with Crippen LogP contribution >= 0.6 is 0 Å². The maximum Gasteiger partial charge on any atom is 0.226 e. The average Bonchev–Trinajstić information content (AvgIpc) is 2.27. The number of carbonyl (C=O) groups is 1. The van der Waals surface area contributed by atoms with Gasteiger partial charge >= 0.3 is 0 Å². The number of hydrogen-bond acceptors (Lipinski definition) is 1. The van der Waals surface area contributed by atoms with E-state index in [9.17, 15) is 4.79 Å². The van der Waals surface area contributed by atoms with Crippen LogP contribution in [0.15, 0.2) is 30.3 Å². The molecule has 1 aromatic rings. The van der Waals surface area contributed by atoms with E-state index in [1.54, 1.807) is 0 Å². The van der Waals surface area contributed by atoms with E-state index in [-0.39, 0.29) is 5.91 Å². The van der Waals surface area contributed by atoms with Gasteiger partial charge in [0.1, 0.15) is 0 Å². The van der Waals surface area contributed by atoms with Crippen molar-refractivity contribution in [3.8, 4) is 0 Å². The summed E-state index contributed by atoms with van der Waals surface area (Å²) in [6.45, 7) is 5.20. The maximum absolute atomic E-state index is 11.9. The molecule has 0 saturated heterocycles. The predicted octanol–water partition coefficient (Wildman–Crippen LogP) is 2.73. The van der Waals surface area contributed by atoms with E-state index < -0.39 is 0 Å². The minimum absolute atomic E-state index is 0.201. The number of nitrogens with zero attached hydrogens (tertiary/aromatic N) is 1. The summed E-state index contributed by atoms with van der Waals surface area (Å²) in [7, 11) is 1.88. The molecule has 1 aromatic carbocycles. The third kappa shape index (κ3) is 4.47. The van der Waals surface area contributed by atoms with Crippen molar-refractivity contribution in [2.75, 3.05) is 13.6 Å². The Balaban J connectivity index is 2.40. The number of rotatable bonds is 5. The van der Waals surface area contributed by atoms with Crippen LogP contribution in [0, 0.1) is 5.92 Å². The van der Waals surface area contributed by atoms with Gasteiger partial charge < -0.3 is 4.90 Å². The van der Waals surface area contributed by atoms with E-state index in [4.69, 9.17) is 0 Å². The van der Waals surface area contributed by atoms with Crippen molar-refractivity contribution in [3.63, 3.8) is 0 Å². The Morgan fingerprint density at radius 2 is 1.88 bits per heavy atom. The molecule has 2 nitrogen and oxygen atoms in total. The zero-order valence-electron chi connectivity index (χ0n) is 10.4. The minimum atomic E-state index is 0.201. The van der Waals surface area contributed by atoms with Crippen molar-refractivity contribution in [3.05, 3.63) is 35.9 Å². The first-order valence-electron chi connectivity index (χ1n) is 5.87.